The largest absolute Gasteiger partial charge is 0.362 e. The van der Waals surface area contributed by atoms with E-state index in [1.54, 1.807) is 0 Å². The van der Waals surface area contributed by atoms with Gasteiger partial charge in [-0.1, -0.05) is 52.0 Å². The molecular formula is C28H32N2O2. The van der Waals surface area contributed by atoms with E-state index in [2.05, 4.69) is 62.5 Å². The lowest BCUT2D eigenvalue weighted by molar-refractivity contribution is -0.119. The number of carbonyl (C=O) groups is 2. The number of carbonyl (C=O) groups excluding carboxylic acids is 2. The summed E-state index contributed by atoms with van der Waals surface area (Å²) >= 11 is 0. The van der Waals surface area contributed by atoms with Gasteiger partial charge in [0.05, 0.1) is 0 Å². The van der Waals surface area contributed by atoms with Crippen molar-refractivity contribution in [2.75, 3.05) is 0 Å². The van der Waals surface area contributed by atoms with Crippen LogP contribution in [-0.4, -0.2) is 16.1 Å². The van der Waals surface area contributed by atoms with Gasteiger partial charge in [-0.05, 0) is 35.3 Å². The normalized spacial score (nSPS) is 22.6. The highest BCUT2D eigenvalue weighted by Gasteiger charge is 2.47. The van der Waals surface area contributed by atoms with Crippen molar-refractivity contribution >= 4 is 22.5 Å². The number of hydrogen-bond acceptors (Lipinski definition) is 3. The number of allylic oxidation sites excluding steroid dienone is 5. The van der Waals surface area contributed by atoms with E-state index in [-0.39, 0.29) is 28.3 Å². The molecule has 0 spiro atoms. The third-order valence-electron chi connectivity index (χ3n) is 7.18. The topological polar surface area (TPSA) is 51.1 Å². The molecule has 1 aromatic carbocycles. The van der Waals surface area contributed by atoms with Crippen LogP contribution in [0.1, 0.15) is 64.9 Å². The van der Waals surface area contributed by atoms with Crippen molar-refractivity contribution in [2.24, 2.45) is 10.8 Å². The summed E-state index contributed by atoms with van der Waals surface area (Å²) in [5.74, 6) is 0.0291. The third kappa shape index (κ3) is 3.28. The first-order valence-corrected chi connectivity index (χ1v) is 11.6. The molecule has 5 rings (SSSR count). The Hall–Kier alpha value is -2.88. The number of ketones is 2. The minimum atomic E-state index is -0.301. The number of dihydropyridines is 1. The van der Waals surface area contributed by atoms with Crippen molar-refractivity contribution in [3.63, 3.8) is 0 Å². The summed E-state index contributed by atoms with van der Waals surface area (Å²) in [7, 11) is 0. The van der Waals surface area contributed by atoms with Crippen LogP contribution < -0.4 is 5.32 Å². The Morgan fingerprint density at radius 1 is 0.969 bits per heavy atom. The summed E-state index contributed by atoms with van der Waals surface area (Å²) in [4.78, 5) is 27.1. The van der Waals surface area contributed by atoms with Gasteiger partial charge in [0.1, 0.15) is 0 Å². The molecule has 0 fully saturated rings. The Morgan fingerprint density at radius 3 is 2.09 bits per heavy atom. The molecule has 2 aliphatic carbocycles. The van der Waals surface area contributed by atoms with Gasteiger partial charge in [0, 0.05) is 64.9 Å². The van der Waals surface area contributed by atoms with Gasteiger partial charge in [-0.25, -0.2) is 0 Å². The van der Waals surface area contributed by atoms with Crippen LogP contribution in [0.3, 0.4) is 0 Å². The summed E-state index contributed by atoms with van der Waals surface area (Å²) in [5, 5.41) is 4.71. The molecule has 0 saturated carbocycles. The van der Waals surface area contributed by atoms with E-state index >= 15 is 0 Å². The van der Waals surface area contributed by atoms with Crippen LogP contribution in [0, 0.1) is 10.8 Å². The molecule has 3 aliphatic rings. The summed E-state index contributed by atoms with van der Waals surface area (Å²) in [5.41, 5.74) is 5.63. The predicted octanol–water partition coefficient (Wildman–Crippen LogP) is 5.80. The lowest BCUT2D eigenvalue weighted by Crippen LogP contribution is -2.42. The smallest absolute Gasteiger partial charge is 0.162 e. The van der Waals surface area contributed by atoms with Crippen LogP contribution in [0.4, 0.5) is 0 Å². The first-order chi connectivity index (χ1) is 15.1. The average molecular weight is 429 g/mol. The van der Waals surface area contributed by atoms with Crippen LogP contribution in [0.25, 0.3) is 10.9 Å². The molecule has 2 aromatic rings. The van der Waals surface area contributed by atoms with Crippen molar-refractivity contribution in [3.05, 3.63) is 71.2 Å². The summed E-state index contributed by atoms with van der Waals surface area (Å²) < 4.78 is 2.18. The highest BCUT2D eigenvalue weighted by molar-refractivity contribution is 6.08. The van der Waals surface area contributed by atoms with E-state index in [0.29, 0.717) is 19.4 Å². The van der Waals surface area contributed by atoms with Crippen LogP contribution in [0.5, 0.6) is 0 Å². The Morgan fingerprint density at radius 2 is 1.53 bits per heavy atom. The van der Waals surface area contributed by atoms with Crippen LogP contribution in [0.2, 0.25) is 0 Å². The standard InChI is InChI=1S/C28H32N2O2/c1-6-11-30-16-18(17-9-7-8-10-21(17)30)24-25-19(12-27(2,3)14-22(25)31)29-20-13-28(4,5)15-23(32)26(20)24/h6-10,16,24,29H,1,11-15H2,2-5H3. The Balaban J connectivity index is 1.78. The third-order valence-corrected chi connectivity index (χ3v) is 7.18. The predicted molar refractivity (Wildman–Crippen MR) is 128 cm³/mol. The van der Waals surface area contributed by atoms with E-state index in [0.717, 1.165) is 51.8 Å². The number of para-hydroxylation sites is 1. The fourth-order valence-corrected chi connectivity index (χ4v) is 6.00. The Bertz CT molecular complexity index is 1180. The van der Waals surface area contributed by atoms with Gasteiger partial charge in [-0.15, -0.1) is 6.58 Å². The van der Waals surface area contributed by atoms with Gasteiger partial charge < -0.3 is 9.88 Å². The molecular weight excluding hydrogens is 396 g/mol. The first kappa shape index (κ1) is 21.0. The molecule has 0 amide bonds. The van der Waals surface area contributed by atoms with Crippen molar-refractivity contribution in [2.45, 2.75) is 65.8 Å². The number of aromatic nitrogens is 1. The van der Waals surface area contributed by atoms with Gasteiger partial charge in [-0.2, -0.15) is 0 Å². The highest BCUT2D eigenvalue weighted by atomic mass is 16.1. The minimum Gasteiger partial charge on any atom is -0.362 e. The molecule has 0 radical (unpaired) electrons. The molecule has 1 N–H and O–H groups in total. The first-order valence-electron chi connectivity index (χ1n) is 11.6. The fourth-order valence-electron chi connectivity index (χ4n) is 6.00. The molecule has 4 nitrogen and oxygen atoms in total. The maximum Gasteiger partial charge on any atom is 0.162 e. The van der Waals surface area contributed by atoms with E-state index in [1.165, 1.54) is 0 Å². The number of Topliss-reactive ketones (excluding diaryl/α,β-unsaturated/α-hetero) is 2. The molecule has 1 aliphatic heterocycles. The molecule has 166 valence electrons. The molecule has 0 bridgehead atoms. The van der Waals surface area contributed by atoms with Gasteiger partial charge >= 0.3 is 0 Å². The number of hydrogen-bond donors (Lipinski definition) is 1. The second kappa shape index (κ2) is 7.06. The van der Waals surface area contributed by atoms with Crippen molar-refractivity contribution in [1.82, 2.24) is 9.88 Å². The molecule has 0 atom stereocenters. The monoisotopic (exact) mass is 428 g/mol. The van der Waals surface area contributed by atoms with E-state index in [4.69, 9.17) is 0 Å². The van der Waals surface area contributed by atoms with Crippen molar-refractivity contribution in [3.8, 4) is 0 Å². The van der Waals surface area contributed by atoms with Crippen LogP contribution >= 0.6 is 0 Å². The van der Waals surface area contributed by atoms with Crippen LogP contribution in [-0.2, 0) is 16.1 Å². The number of nitrogens with zero attached hydrogens (tertiary/aromatic N) is 1. The van der Waals surface area contributed by atoms with Gasteiger partial charge in [0.15, 0.2) is 11.6 Å². The maximum absolute atomic E-state index is 13.6. The SMILES string of the molecule is C=CCn1cc(C2C3=C(CC(C)(C)CC3=O)NC3=C2C(=O)CC(C)(C)C3)c2ccccc21. The maximum atomic E-state index is 13.6. The Labute approximate surface area is 190 Å². The molecule has 0 unspecified atom stereocenters. The summed E-state index contributed by atoms with van der Waals surface area (Å²) in [6.45, 7) is 13.2. The Kier molecular flexibility index (Phi) is 4.63. The number of fused-ring (bicyclic) bond motifs is 1. The molecule has 32 heavy (non-hydrogen) atoms. The fraction of sp³-hybridized carbons (Fsp3) is 0.429. The van der Waals surface area contributed by atoms with Crippen LogP contribution in [0.15, 0.2) is 65.7 Å². The molecule has 4 heteroatoms. The van der Waals surface area contributed by atoms with E-state index in [9.17, 15) is 9.59 Å². The number of rotatable bonds is 3. The zero-order valence-corrected chi connectivity index (χ0v) is 19.5. The quantitative estimate of drug-likeness (QED) is 0.629. The zero-order valence-electron chi connectivity index (χ0n) is 19.5. The van der Waals surface area contributed by atoms with Crippen molar-refractivity contribution in [1.29, 1.82) is 0 Å². The number of nitrogens with one attached hydrogen (secondary N) is 1. The molecule has 0 saturated heterocycles. The average Bonchev–Trinajstić information content (AvgIpc) is 3.03. The second-order valence-corrected chi connectivity index (χ2v) is 11.3. The van der Waals surface area contributed by atoms with Crippen molar-refractivity contribution < 1.29 is 9.59 Å². The lowest BCUT2D eigenvalue weighted by Gasteiger charge is -2.43. The molecule has 1 aromatic heterocycles. The summed E-state index contributed by atoms with van der Waals surface area (Å²) in [6.07, 6.45) is 6.69. The zero-order chi connectivity index (χ0) is 22.8. The van der Waals surface area contributed by atoms with Gasteiger partial charge in [0.25, 0.3) is 0 Å². The van der Waals surface area contributed by atoms with E-state index in [1.807, 2.05) is 18.2 Å². The van der Waals surface area contributed by atoms with Gasteiger partial charge in [-0.3, -0.25) is 9.59 Å². The number of benzene rings is 1. The highest BCUT2D eigenvalue weighted by Crippen LogP contribution is 2.52. The molecule has 2 heterocycles. The van der Waals surface area contributed by atoms with Gasteiger partial charge in [0.2, 0.25) is 0 Å². The second-order valence-electron chi connectivity index (χ2n) is 11.3. The lowest BCUT2D eigenvalue weighted by atomic mass is 9.64. The minimum absolute atomic E-state index is 0.0867. The summed E-state index contributed by atoms with van der Waals surface area (Å²) in [6, 6.07) is 8.28. The van der Waals surface area contributed by atoms with E-state index < -0.39 is 0 Å².